The second kappa shape index (κ2) is 9.07. The predicted octanol–water partition coefficient (Wildman–Crippen LogP) is 5.20. The Balaban J connectivity index is 3.01. The maximum Gasteiger partial charge on any atom is 0.145 e. The van der Waals surface area contributed by atoms with E-state index in [4.69, 9.17) is 7.85 Å². The fourth-order valence-electron chi connectivity index (χ4n) is 3.36. The molecule has 0 aromatic heterocycles. The molecule has 3 atom stereocenters. The minimum absolute atomic E-state index is 0.188. The largest absolute Gasteiger partial charge is 0.298 e. The van der Waals surface area contributed by atoms with Crippen molar-refractivity contribution in [2.24, 2.45) is 11.8 Å². The van der Waals surface area contributed by atoms with Crippen LogP contribution in [0.15, 0.2) is 35.5 Å². The maximum atomic E-state index is 11.4. The fourth-order valence-corrected chi connectivity index (χ4v) is 3.36. The molecule has 0 aromatic carbocycles. The van der Waals surface area contributed by atoms with E-state index in [1.807, 2.05) is 6.08 Å². The first-order valence-corrected chi connectivity index (χ1v) is 8.27. The molecule has 1 aliphatic carbocycles. The van der Waals surface area contributed by atoms with Crippen molar-refractivity contribution in [2.45, 2.75) is 65.1 Å². The van der Waals surface area contributed by atoms with Gasteiger partial charge in [0, 0.05) is 0 Å². The van der Waals surface area contributed by atoms with Gasteiger partial charge in [0.1, 0.15) is 6.29 Å². The highest BCUT2D eigenvalue weighted by atomic mass is 16.1. The first-order valence-electron chi connectivity index (χ1n) is 8.27. The lowest BCUT2D eigenvalue weighted by molar-refractivity contribution is -0.105. The van der Waals surface area contributed by atoms with Gasteiger partial charge in [0.25, 0.3) is 0 Å². The normalized spacial score (nSPS) is 24.8. The van der Waals surface area contributed by atoms with Crippen LogP contribution >= 0.6 is 0 Å². The molecule has 0 spiro atoms. The number of rotatable bonds is 8. The maximum absolute atomic E-state index is 11.4. The number of hydrogen-bond acceptors (Lipinski definition) is 1. The molecule has 1 rings (SSSR count). The van der Waals surface area contributed by atoms with Gasteiger partial charge in [-0.3, -0.25) is 4.79 Å². The summed E-state index contributed by atoms with van der Waals surface area (Å²) >= 11 is 0. The molecule has 0 bridgehead atoms. The molecule has 0 aromatic rings. The zero-order valence-electron chi connectivity index (χ0n) is 13.9. The van der Waals surface area contributed by atoms with Crippen LogP contribution in [-0.2, 0) is 4.79 Å². The summed E-state index contributed by atoms with van der Waals surface area (Å²) in [6.07, 6.45) is 11.3. The van der Waals surface area contributed by atoms with Crippen LogP contribution in [0.5, 0.6) is 0 Å². The van der Waals surface area contributed by atoms with Gasteiger partial charge >= 0.3 is 0 Å². The van der Waals surface area contributed by atoms with Gasteiger partial charge in [-0.1, -0.05) is 55.8 Å². The first-order chi connectivity index (χ1) is 10.1. The summed E-state index contributed by atoms with van der Waals surface area (Å²) in [5.74, 6) is 0.932. The molecule has 0 aliphatic heterocycles. The van der Waals surface area contributed by atoms with Crippen LogP contribution in [0.3, 0.4) is 0 Å². The summed E-state index contributed by atoms with van der Waals surface area (Å²) in [5.41, 5.74) is 3.76. The van der Waals surface area contributed by atoms with Gasteiger partial charge in [-0.2, -0.15) is 0 Å². The van der Waals surface area contributed by atoms with Gasteiger partial charge in [0.05, 0.1) is 7.85 Å². The quantitative estimate of drug-likeness (QED) is 0.259. The SMILES string of the molecule is [B]C1CCC(C(C)/C(C=O)=C\CCC)C(CCC=C)=C1C. The van der Waals surface area contributed by atoms with Crippen molar-refractivity contribution in [3.05, 3.63) is 35.5 Å². The van der Waals surface area contributed by atoms with Crippen LogP contribution in [-0.4, -0.2) is 14.1 Å². The Morgan fingerprint density at radius 3 is 2.71 bits per heavy atom. The highest BCUT2D eigenvalue weighted by Gasteiger charge is 2.29. The molecular formula is C19H29BO. The van der Waals surface area contributed by atoms with E-state index in [0.29, 0.717) is 5.92 Å². The Morgan fingerprint density at radius 1 is 1.43 bits per heavy atom. The van der Waals surface area contributed by atoms with Crippen molar-refractivity contribution >= 4 is 14.1 Å². The van der Waals surface area contributed by atoms with E-state index in [9.17, 15) is 4.79 Å². The number of aldehydes is 1. The van der Waals surface area contributed by atoms with E-state index in [-0.39, 0.29) is 11.7 Å². The second-order valence-corrected chi connectivity index (χ2v) is 6.23. The number of allylic oxidation sites excluding steroid dienone is 5. The summed E-state index contributed by atoms with van der Waals surface area (Å²) in [4.78, 5) is 11.4. The Labute approximate surface area is 132 Å². The lowest BCUT2D eigenvalue weighted by atomic mass is 9.64. The van der Waals surface area contributed by atoms with E-state index in [1.165, 1.54) is 11.1 Å². The molecule has 1 nitrogen and oxygen atoms in total. The summed E-state index contributed by atoms with van der Waals surface area (Å²) < 4.78 is 0. The number of unbranched alkanes of at least 4 members (excludes halogenated alkanes) is 1. The molecule has 1 aliphatic rings. The number of carbonyl (C=O) groups excluding carboxylic acids is 1. The molecule has 0 saturated heterocycles. The van der Waals surface area contributed by atoms with Crippen LogP contribution in [0.2, 0.25) is 5.82 Å². The van der Waals surface area contributed by atoms with E-state index in [0.717, 1.165) is 50.4 Å². The third kappa shape index (κ3) is 4.73. The highest BCUT2D eigenvalue weighted by Crippen LogP contribution is 2.43. The van der Waals surface area contributed by atoms with Crippen LogP contribution in [0.1, 0.15) is 59.3 Å². The number of hydrogen-bond donors (Lipinski definition) is 0. The zero-order chi connectivity index (χ0) is 15.8. The minimum atomic E-state index is 0.188. The van der Waals surface area contributed by atoms with Crippen LogP contribution < -0.4 is 0 Å². The highest BCUT2D eigenvalue weighted by molar-refractivity contribution is 6.13. The van der Waals surface area contributed by atoms with Crippen molar-refractivity contribution in [1.29, 1.82) is 0 Å². The van der Waals surface area contributed by atoms with Gasteiger partial charge < -0.3 is 0 Å². The van der Waals surface area contributed by atoms with Crippen LogP contribution in [0.25, 0.3) is 0 Å². The average molecular weight is 284 g/mol. The van der Waals surface area contributed by atoms with Crippen molar-refractivity contribution in [3.63, 3.8) is 0 Å². The Bertz CT molecular complexity index is 419. The Morgan fingerprint density at radius 2 is 2.14 bits per heavy atom. The molecule has 2 heteroatoms. The molecule has 0 saturated carbocycles. The fraction of sp³-hybridized carbons (Fsp3) is 0.632. The number of carbonyl (C=O) groups is 1. The van der Waals surface area contributed by atoms with Gasteiger partial charge in [0.15, 0.2) is 0 Å². The molecule has 0 N–H and O–H groups in total. The molecule has 0 fully saturated rings. The van der Waals surface area contributed by atoms with Crippen molar-refractivity contribution < 1.29 is 4.79 Å². The Hall–Kier alpha value is -1.05. The molecule has 3 unspecified atom stereocenters. The van der Waals surface area contributed by atoms with E-state index >= 15 is 0 Å². The minimum Gasteiger partial charge on any atom is -0.298 e. The topological polar surface area (TPSA) is 17.1 Å². The van der Waals surface area contributed by atoms with Crippen molar-refractivity contribution in [2.75, 3.05) is 0 Å². The molecule has 2 radical (unpaired) electrons. The monoisotopic (exact) mass is 284 g/mol. The summed E-state index contributed by atoms with van der Waals surface area (Å²) in [5, 5.41) is 0. The lowest BCUT2D eigenvalue weighted by Gasteiger charge is -2.35. The van der Waals surface area contributed by atoms with Crippen molar-refractivity contribution in [3.8, 4) is 0 Å². The summed E-state index contributed by atoms with van der Waals surface area (Å²) in [6, 6.07) is 0. The van der Waals surface area contributed by atoms with Gasteiger partial charge in [-0.05, 0) is 50.0 Å². The summed E-state index contributed by atoms with van der Waals surface area (Å²) in [7, 11) is 6.22. The van der Waals surface area contributed by atoms with E-state index in [1.54, 1.807) is 0 Å². The van der Waals surface area contributed by atoms with Crippen molar-refractivity contribution in [1.82, 2.24) is 0 Å². The standard InChI is InChI=1S/C19H29BO/c1-5-7-9-16(13-21)14(3)18-11-12-19(20)15(4)17(18)10-8-6-2/h6,9,13-14,18-19H,2,5,7-8,10-12H2,1,3-4H3/b16-9-. The smallest absolute Gasteiger partial charge is 0.145 e. The zero-order valence-corrected chi connectivity index (χ0v) is 13.9. The summed E-state index contributed by atoms with van der Waals surface area (Å²) in [6.45, 7) is 10.3. The third-order valence-corrected chi connectivity index (χ3v) is 4.85. The third-order valence-electron chi connectivity index (χ3n) is 4.85. The molecule has 0 heterocycles. The van der Waals surface area contributed by atoms with Crippen LogP contribution in [0.4, 0.5) is 0 Å². The average Bonchev–Trinajstić information content (AvgIpc) is 2.49. The van der Waals surface area contributed by atoms with Gasteiger partial charge in [0.2, 0.25) is 0 Å². The van der Waals surface area contributed by atoms with Crippen LogP contribution in [0, 0.1) is 11.8 Å². The molecule has 114 valence electrons. The molecule has 0 amide bonds. The van der Waals surface area contributed by atoms with E-state index in [2.05, 4.69) is 33.4 Å². The van der Waals surface area contributed by atoms with Gasteiger partial charge in [-0.25, -0.2) is 0 Å². The van der Waals surface area contributed by atoms with Gasteiger partial charge in [-0.15, -0.1) is 6.58 Å². The molecule has 21 heavy (non-hydrogen) atoms. The lowest BCUT2D eigenvalue weighted by Crippen LogP contribution is -2.23. The first kappa shape index (κ1) is 18.0. The molecular weight excluding hydrogens is 255 g/mol. The second-order valence-electron chi connectivity index (χ2n) is 6.23. The predicted molar refractivity (Wildman–Crippen MR) is 92.6 cm³/mol. The Kier molecular flexibility index (Phi) is 7.78. The van der Waals surface area contributed by atoms with E-state index < -0.39 is 0 Å².